The molecule has 0 heterocycles. The summed E-state index contributed by atoms with van der Waals surface area (Å²) in [5.41, 5.74) is 0.459. The zero-order valence-corrected chi connectivity index (χ0v) is 9.87. The average molecular weight is 227 g/mol. The van der Waals surface area contributed by atoms with E-state index < -0.39 is 0 Å². The molecule has 2 N–H and O–H groups in total. The molecule has 4 heteroatoms. The first kappa shape index (κ1) is 13.2. The minimum atomic E-state index is -0.332. The molecule has 0 spiro atoms. The molecule has 0 bridgehead atoms. The Bertz CT molecular complexity index is 253. The van der Waals surface area contributed by atoms with Crippen LogP contribution in [0.1, 0.15) is 26.2 Å². The van der Waals surface area contributed by atoms with Gasteiger partial charge in [0.1, 0.15) is 0 Å². The fourth-order valence-corrected chi connectivity index (χ4v) is 1.97. The molecule has 16 heavy (non-hydrogen) atoms. The van der Waals surface area contributed by atoms with E-state index in [0.717, 1.165) is 25.8 Å². The molecule has 0 aromatic heterocycles. The van der Waals surface area contributed by atoms with Crippen LogP contribution in [-0.4, -0.2) is 36.9 Å². The normalized spacial score (nSPS) is 24.4. The highest BCUT2D eigenvalue weighted by Crippen LogP contribution is 2.24. The van der Waals surface area contributed by atoms with E-state index in [1.165, 1.54) is 0 Å². The van der Waals surface area contributed by atoms with Gasteiger partial charge in [0.15, 0.2) is 0 Å². The van der Waals surface area contributed by atoms with E-state index in [2.05, 4.69) is 11.9 Å². The van der Waals surface area contributed by atoms with Crippen molar-refractivity contribution < 1.29 is 14.6 Å². The van der Waals surface area contributed by atoms with E-state index in [4.69, 9.17) is 4.74 Å². The molecule has 2 atom stereocenters. The third-order valence-corrected chi connectivity index (χ3v) is 2.85. The summed E-state index contributed by atoms with van der Waals surface area (Å²) >= 11 is 0. The van der Waals surface area contributed by atoms with Gasteiger partial charge >= 0.3 is 5.97 Å². The maximum absolute atomic E-state index is 11.2. The lowest BCUT2D eigenvalue weighted by Crippen LogP contribution is -2.26. The van der Waals surface area contributed by atoms with Crippen LogP contribution in [-0.2, 0) is 9.53 Å². The van der Waals surface area contributed by atoms with Gasteiger partial charge in [-0.15, -0.1) is 0 Å². The van der Waals surface area contributed by atoms with Crippen LogP contribution in [0.4, 0.5) is 0 Å². The van der Waals surface area contributed by atoms with Gasteiger partial charge in [0.2, 0.25) is 0 Å². The number of rotatable bonds is 6. The summed E-state index contributed by atoms with van der Waals surface area (Å²) in [6, 6.07) is 0. The lowest BCUT2D eigenvalue weighted by atomic mass is 10.1. The topological polar surface area (TPSA) is 58.6 Å². The van der Waals surface area contributed by atoms with Crippen molar-refractivity contribution in [2.45, 2.75) is 32.3 Å². The Kier molecular flexibility index (Phi) is 5.49. The number of nitrogens with one attached hydrogen (secondary N) is 1. The van der Waals surface area contributed by atoms with E-state index in [-0.39, 0.29) is 12.1 Å². The molecule has 4 nitrogen and oxygen atoms in total. The molecule has 1 rings (SSSR count). The minimum Gasteiger partial charge on any atom is -0.463 e. The summed E-state index contributed by atoms with van der Waals surface area (Å²) in [7, 11) is 0. The minimum absolute atomic E-state index is 0.139. The van der Waals surface area contributed by atoms with Crippen LogP contribution >= 0.6 is 0 Å². The molecule has 1 aliphatic rings. The zero-order chi connectivity index (χ0) is 12.0. The highest BCUT2D eigenvalue weighted by molar-refractivity contribution is 5.88. The molecule has 0 aromatic rings. The number of carbonyl (C=O) groups excluding carboxylic acids is 1. The highest BCUT2D eigenvalue weighted by atomic mass is 16.5. The predicted octanol–water partition coefficient (Wildman–Crippen LogP) is 0.856. The number of aliphatic hydroxyl groups is 1. The van der Waals surface area contributed by atoms with Gasteiger partial charge in [-0.3, -0.25) is 0 Å². The fourth-order valence-electron chi connectivity index (χ4n) is 1.97. The summed E-state index contributed by atoms with van der Waals surface area (Å²) in [6.45, 7) is 7.12. The Morgan fingerprint density at radius 1 is 1.56 bits per heavy atom. The van der Waals surface area contributed by atoms with E-state index in [9.17, 15) is 9.90 Å². The number of aliphatic hydroxyl groups excluding tert-OH is 1. The molecule has 0 saturated heterocycles. The van der Waals surface area contributed by atoms with Crippen LogP contribution in [0.5, 0.6) is 0 Å². The molecule has 2 unspecified atom stereocenters. The van der Waals surface area contributed by atoms with Crippen LogP contribution in [0, 0.1) is 5.92 Å². The smallest absolute Gasteiger partial charge is 0.334 e. The zero-order valence-electron chi connectivity index (χ0n) is 9.87. The summed E-state index contributed by atoms with van der Waals surface area (Å²) in [4.78, 5) is 11.2. The van der Waals surface area contributed by atoms with Gasteiger partial charge in [0.25, 0.3) is 0 Å². The molecular formula is C12H21NO3. The number of carbonyl (C=O) groups is 1. The monoisotopic (exact) mass is 227 g/mol. The third-order valence-electron chi connectivity index (χ3n) is 2.85. The number of esters is 1. The van der Waals surface area contributed by atoms with E-state index in [0.29, 0.717) is 24.6 Å². The quantitative estimate of drug-likeness (QED) is 0.522. The predicted molar refractivity (Wildman–Crippen MR) is 62.0 cm³/mol. The summed E-state index contributed by atoms with van der Waals surface area (Å²) in [5.74, 6) is 0.187. The van der Waals surface area contributed by atoms with Crippen LogP contribution < -0.4 is 5.32 Å². The summed E-state index contributed by atoms with van der Waals surface area (Å²) in [6.07, 6.45) is 2.67. The van der Waals surface area contributed by atoms with Crippen molar-refractivity contribution in [3.8, 4) is 0 Å². The second-order valence-electron chi connectivity index (χ2n) is 4.29. The van der Waals surface area contributed by atoms with Gasteiger partial charge < -0.3 is 15.2 Å². The molecule has 0 amide bonds. The van der Waals surface area contributed by atoms with Crippen LogP contribution in [0.2, 0.25) is 0 Å². The summed E-state index contributed by atoms with van der Waals surface area (Å²) in [5, 5.41) is 12.5. The van der Waals surface area contributed by atoms with Crippen molar-refractivity contribution in [3.05, 3.63) is 12.2 Å². The first-order valence-corrected chi connectivity index (χ1v) is 5.87. The van der Waals surface area contributed by atoms with Crippen molar-refractivity contribution in [1.29, 1.82) is 0 Å². The molecule has 1 fully saturated rings. The maximum Gasteiger partial charge on any atom is 0.334 e. The first-order chi connectivity index (χ1) is 7.63. The van der Waals surface area contributed by atoms with E-state index in [1.807, 2.05) is 0 Å². The van der Waals surface area contributed by atoms with Crippen LogP contribution in [0.3, 0.4) is 0 Å². The van der Waals surface area contributed by atoms with Crippen molar-refractivity contribution in [2.24, 2.45) is 5.92 Å². The Hall–Kier alpha value is -0.870. The standard InChI is InChI=1S/C12H21NO3/c1-3-16-12(15)9(2)7-13-8-10-4-5-11(14)6-10/h10-11,13-14H,2-8H2,1H3. The molecule has 1 saturated carbocycles. The Morgan fingerprint density at radius 3 is 2.88 bits per heavy atom. The average Bonchev–Trinajstić information content (AvgIpc) is 2.64. The molecule has 1 aliphatic carbocycles. The van der Waals surface area contributed by atoms with Crippen molar-refractivity contribution in [3.63, 3.8) is 0 Å². The molecule has 0 radical (unpaired) electrons. The Morgan fingerprint density at radius 2 is 2.31 bits per heavy atom. The van der Waals surface area contributed by atoms with Crippen molar-refractivity contribution >= 4 is 5.97 Å². The van der Waals surface area contributed by atoms with E-state index >= 15 is 0 Å². The number of hydrogen-bond donors (Lipinski definition) is 2. The van der Waals surface area contributed by atoms with E-state index in [1.54, 1.807) is 6.92 Å². The van der Waals surface area contributed by atoms with Crippen molar-refractivity contribution in [2.75, 3.05) is 19.7 Å². The number of hydrogen-bond acceptors (Lipinski definition) is 4. The second-order valence-corrected chi connectivity index (χ2v) is 4.29. The van der Waals surface area contributed by atoms with Crippen LogP contribution in [0.25, 0.3) is 0 Å². The van der Waals surface area contributed by atoms with Gasteiger partial charge in [-0.2, -0.15) is 0 Å². The Labute approximate surface area is 96.7 Å². The maximum atomic E-state index is 11.2. The SMILES string of the molecule is C=C(CNCC1CCC(O)C1)C(=O)OCC. The van der Waals surface area contributed by atoms with Gasteiger partial charge in [0, 0.05) is 12.1 Å². The molecule has 0 aromatic carbocycles. The van der Waals surface area contributed by atoms with Crippen molar-refractivity contribution in [1.82, 2.24) is 5.32 Å². The Balaban J connectivity index is 2.11. The number of ether oxygens (including phenoxy) is 1. The first-order valence-electron chi connectivity index (χ1n) is 5.87. The highest BCUT2D eigenvalue weighted by Gasteiger charge is 2.22. The van der Waals surface area contributed by atoms with Gasteiger partial charge in [-0.25, -0.2) is 4.79 Å². The molecule has 0 aliphatic heterocycles. The van der Waals surface area contributed by atoms with Crippen LogP contribution in [0.15, 0.2) is 12.2 Å². The van der Waals surface area contributed by atoms with Gasteiger partial charge in [-0.1, -0.05) is 6.58 Å². The van der Waals surface area contributed by atoms with Gasteiger partial charge in [-0.05, 0) is 38.6 Å². The molecule has 92 valence electrons. The third kappa shape index (κ3) is 4.33. The lowest BCUT2D eigenvalue weighted by molar-refractivity contribution is -0.138. The second kappa shape index (κ2) is 6.66. The largest absolute Gasteiger partial charge is 0.463 e. The lowest BCUT2D eigenvalue weighted by Gasteiger charge is -2.11. The van der Waals surface area contributed by atoms with Gasteiger partial charge in [0.05, 0.1) is 12.7 Å². The summed E-state index contributed by atoms with van der Waals surface area (Å²) < 4.78 is 4.82. The fraction of sp³-hybridized carbons (Fsp3) is 0.750. The molecular weight excluding hydrogens is 206 g/mol.